The number of Topliss-reactive ketones (excluding diaryl/α,β-unsaturated/α-hetero) is 1. The molecule has 1 atom stereocenters. The van der Waals surface area contributed by atoms with Crippen LogP contribution in [0.4, 0.5) is 0 Å². The summed E-state index contributed by atoms with van der Waals surface area (Å²) in [6.45, 7) is 14.9. The number of rotatable bonds is 7. The summed E-state index contributed by atoms with van der Waals surface area (Å²) in [6.07, 6.45) is 3.79. The number of carboxylic acid groups (broad SMARTS) is 1. The van der Waals surface area contributed by atoms with Gasteiger partial charge in [-0.1, -0.05) is 67.0 Å². The number of carbonyl (C=O) groups excluding carboxylic acids is 1. The van der Waals surface area contributed by atoms with Crippen LogP contribution < -0.4 is 0 Å². The molecule has 0 saturated carbocycles. The number of benzene rings is 2. The zero-order chi connectivity index (χ0) is 27.7. The van der Waals surface area contributed by atoms with Crippen LogP contribution in [0.15, 0.2) is 42.0 Å². The summed E-state index contributed by atoms with van der Waals surface area (Å²) in [4.78, 5) is 26.6. The number of phenols is 1. The topological polar surface area (TPSA) is 102 Å². The molecule has 6 nitrogen and oxygen atoms in total. The fraction of sp³-hybridized carbons (Fsp3) is 0.452. The summed E-state index contributed by atoms with van der Waals surface area (Å²) < 4.78 is 0. The first-order valence-electron chi connectivity index (χ1n) is 12.9. The maximum Gasteiger partial charge on any atom is 0.335 e. The van der Waals surface area contributed by atoms with Gasteiger partial charge in [-0.25, -0.2) is 4.79 Å². The van der Waals surface area contributed by atoms with Crippen molar-refractivity contribution in [3.05, 3.63) is 69.8 Å². The molecule has 2 aromatic rings. The molecular formula is C31H41ClN2O4. The number of amidine groups is 1. The highest BCUT2D eigenvalue weighted by molar-refractivity contribution is 6.06. The molecule has 38 heavy (non-hydrogen) atoms. The Bertz CT molecular complexity index is 1200. The molecule has 0 amide bonds. The van der Waals surface area contributed by atoms with Crippen LogP contribution in [0, 0.1) is 11.3 Å². The van der Waals surface area contributed by atoms with Gasteiger partial charge in [0.1, 0.15) is 11.6 Å². The molecule has 0 bridgehead atoms. The van der Waals surface area contributed by atoms with E-state index in [1.165, 1.54) is 0 Å². The van der Waals surface area contributed by atoms with Crippen molar-refractivity contribution < 1.29 is 19.8 Å². The van der Waals surface area contributed by atoms with Crippen LogP contribution in [-0.2, 0) is 10.8 Å². The zero-order valence-electron chi connectivity index (χ0n) is 23.5. The predicted molar refractivity (Wildman–Crippen MR) is 156 cm³/mol. The average molecular weight is 541 g/mol. The number of halogens is 1. The zero-order valence-corrected chi connectivity index (χ0v) is 24.3. The standard InChI is InChI=1S/C31H40N2O4.ClH/c1-8-9-21-17-33(28(32)23(21)14-19-10-12-20(13-11-19)29(36)37)18-26(34)22-15-24(30(2,3)4)27(35)25(16-22)31(5,6)7;/h10-16,21,32,35H,8-9,17-18H2,1-7H3,(H,36,37);1H. The Morgan fingerprint density at radius 1 is 1.00 bits per heavy atom. The Kier molecular flexibility index (Phi) is 9.60. The van der Waals surface area contributed by atoms with Crippen molar-refractivity contribution in [2.75, 3.05) is 13.1 Å². The van der Waals surface area contributed by atoms with Crippen molar-refractivity contribution in [3.8, 4) is 5.75 Å². The fourth-order valence-corrected chi connectivity index (χ4v) is 4.86. The lowest BCUT2D eigenvalue weighted by Gasteiger charge is -2.28. The highest BCUT2D eigenvalue weighted by Crippen LogP contribution is 2.40. The highest BCUT2D eigenvalue weighted by atomic mass is 35.5. The lowest BCUT2D eigenvalue weighted by atomic mass is 9.78. The maximum atomic E-state index is 13.6. The van der Waals surface area contributed by atoms with Crippen LogP contribution in [0.2, 0.25) is 0 Å². The van der Waals surface area contributed by atoms with Crippen LogP contribution in [0.3, 0.4) is 0 Å². The molecule has 7 heteroatoms. The lowest BCUT2D eigenvalue weighted by Crippen LogP contribution is -2.31. The number of aromatic hydroxyl groups is 1. The number of aromatic carboxylic acids is 1. The second-order valence-corrected chi connectivity index (χ2v) is 12.1. The molecule has 1 aliphatic heterocycles. The molecule has 2 aromatic carbocycles. The van der Waals surface area contributed by atoms with E-state index in [2.05, 4.69) is 6.92 Å². The third-order valence-corrected chi connectivity index (χ3v) is 6.97. The predicted octanol–water partition coefficient (Wildman–Crippen LogP) is 7.08. The van der Waals surface area contributed by atoms with E-state index in [0.29, 0.717) is 17.9 Å². The number of carbonyl (C=O) groups is 2. The largest absolute Gasteiger partial charge is 0.507 e. The first-order chi connectivity index (χ1) is 17.1. The molecule has 0 spiro atoms. The van der Waals surface area contributed by atoms with Crippen LogP contribution >= 0.6 is 12.4 Å². The summed E-state index contributed by atoms with van der Waals surface area (Å²) in [5, 5.41) is 29.1. The normalized spacial score (nSPS) is 17.0. The van der Waals surface area contributed by atoms with E-state index in [-0.39, 0.29) is 52.8 Å². The number of carboxylic acids is 1. The molecule has 1 unspecified atom stereocenters. The van der Waals surface area contributed by atoms with Crippen molar-refractivity contribution in [2.45, 2.75) is 72.1 Å². The number of likely N-dealkylation sites (tertiary alicyclic amines) is 1. The van der Waals surface area contributed by atoms with Gasteiger partial charge in [0.05, 0.1) is 12.1 Å². The molecule has 1 heterocycles. The van der Waals surface area contributed by atoms with E-state index >= 15 is 0 Å². The highest BCUT2D eigenvalue weighted by Gasteiger charge is 2.34. The molecule has 0 aliphatic carbocycles. The third-order valence-electron chi connectivity index (χ3n) is 6.97. The number of hydrogen-bond acceptors (Lipinski definition) is 4. The Labute approximate surface area is 232 Å². The maximum absolute atomic E-state index is 13.6. The van der Waals surface area contributed by atoms with Crippen molar-refractivity contribution in [2.24, 2.45) is 5.92 Å². The second-order valence-electron chi connectivity index (χ2n) is 12.1. The number of nitrogens with zero attached hydrogens (tertiary/aromatic N) is 1. The Morgan fingerprint density at radius 2 is 1.53 bits per heavy atom. The van der Waals surface area contributed by atoms with Crippen LogP contribution in [0.1, 0.15) is 98.7 Å². The molecule has 1 aliphatic rings. The fourth-order valence-electron chi connectivity index (χ4n) is 4.86. The molecule has 3 N–H and O–H groups in total. The van der Waals surface area contributed by atoms with E-state index in [4.69, 9.17) is 10.5 Å². The molecule has 1 fully saturated rings. The van der Waals surface area contributed by atoms with E-state index in [1.807, 2.05) is 52.5 Å². The van der Waals surface area contributed by atoms with Crippen molar-refractivity contribution >= 4 is 36.1 Å². The van der Waals surface area contributed by atoms with E-state index in [1.54, 1.807) is 36.4 Å². The molecule has 206 valence electrons. The first-order valence-corrected chi connectivity index (χ1v) is 12.9. The minimum atomic E-state index is -0.972. The van der Waals surface area contributed by atoms with Crippen molar-refractivity contribution in [1.29, 1.82) is 5.41 Å². The number of nitrogens with one attached hydrogen (secondary N) is 1. The monoisotopic (exact) mass is 540 g/mol. The van der Waals surface area contributed by atoms with Crippen LogP contribution in [0.25, 0.3) is 6.08 Å². The molecule has 0 radical (unpaired) electrons. The summed E-state index contributed by atoms with van der Waals surface area (Å²) >= 11 is 0. The summed E-state index contributed by atoms with van der Waals surface area (Å²) in [7, 11) is 0. The Balaban J connectivity index is 0.00000507. The van der Waals surface area contributed by atoms with Gasteiger partial charge in [0.15, 0.2) is 5.78 Å². The van der Waals surface area contributed by atoms with Crippen LogP contribution in [-0.4, -0.2) is 45.8 Å². The van der Waals surface area contributed by atoms with E-state index in [0.717, 1.165) is 35.1 Å². The number of phenolic OH excluding ortho intramolecular Hbond substituents is 1. The minimum absolute atomic E-state index is 0. The summed E-state index contributed by atoms with van der Waals surface area (Å²) in [5.74, 6) is -0.352. The van der Waals surface area contributed by atoms with Crippen molar-refractivity contribution in [1.82, 2.24) is 4.90 Å². The van der Waals surface area contributed by atoms with Gasteiger partial charge in [-0.2, -0.15) is 0 Å². The van der Waals surface area contributed by atoms with Gasteiger partial charge in [-0.15, -0.1) is 12.4 Å². The molecular weight excluding hydrogens is 500 g/mol. The summed E-state index contributed by atoms with van der Waals surface area (Å²) in [6, 6.07) is 10.2. The smallest absolute Gasteiger partial charge is 0.335 e. The summed E-state index contributed by atoms with van der Waals surface area (Å²) in [5.41, 5.74) is 3.30. The van der Waals surface area contributed by atoms with Gasteiger partial charge >= 0.3 is 5.97 Å². The average Bonchev–Trinajstić information content (AvgIpc) is 3.07. The van der Waals surface area contributed by atoms with E-state index in [9.17, 15) is 14.7 Å². The molecule has 1 saturated heterocycles. The second kappa shape index (κ2) is 11.7. The lowest BCUT2D eigenvalue weighted by molar-refractivity contribution is 0.0696. The molecule has 3 rings (SSSR count). The third kappa shape index (κ3) is 6.84. The molecule has 0 aromatic heterocycles. The van der Waals surface area contributed by atoms with E-state index < -0.39 is 5.97 Å². The number of ketones is 1. The van der Waals surface area contributed by atoms with Gasteiger partial charge in [0.2, 0.25) is 0 Å². The van der Waals surface area contributed by atoms with Gasteiger partial charge in [0, 0.05) is 29.2 Å². The van der Waals surface area contributed by atoms with Gasteiger partial charge in [-0.3, -0.25) is 10.2 Å². The Hall–Kier alpha value is -3.12. The van der Waals surface area contributed by atoms with Gasteiger partial charge in [0.25, 0.3) is 0 Å². The number of hydrogen-bond donors (Lipinski definition) is 3. The SMILES string of the molecule is CCCC1CN(CC(=O)c2cc(C(C)(C)C)c(O)c(C(C)(C)C)c2)C(=N)C1=Cc1ccc(C(=O)O)cc1.Cl. The van der Waals surface area contributed by atoms with Crippen molar-refractivity contribution in [3.63, 3.8) is 0 Å². The quantitative estimate of drug-likeness (QED) is 0.325. The van der Waals surface area contributed by atoms with Gasteiger partial charge in [-0.05, 0) is 58.7 Å². The first kappa shape index (κ1) is 31.1. The minimum Gasteiger partial charge on any atom is -0.507 e. The van der Waals surface area contributed by atoms with Gasteiger partial charge < -0.3 is 15.1 Å². The van der Waals surface area contributed by atoms with Crippen LogP contribution in [0.5, 0.6) is 5.75 Å². The Morgan fingerprint density at radius 3 is 1.97 bits per heavy atom.